The van der Waals surface area contributed by atoms with Crippen LogP contribution in [0.15, 0.2) is 12.3 Å². The molecule has 6 nitrogen and oxygen atoms in total. The van der Waals surface area contributed by atoms with Gasteiger partial charge in [0.2, 0.25) is 0 Å². The number of esters is 1. The summed E-state index contributed by atoms with van der Waals surface area (Å²) >= 11 is 0. The van der Waals surface area contributed by atoms with Crippen molar-refractivity contribution in [3.05, 3.63) is 17.8 Å². The fourth-order valence-electron chi connectivity index (χ4n) is 1.48. The van der Waals surface area contributed by atoms with Crippen LogP contribution in [0.2, 0.25) is 0 Å². The van der Waals surface area contributed by atoms with Crippen LogP contribution in [-0.4, -0.2) is 42.4 Å². The molecule has 3 N–H and O–H groups in total. The summed E-state index contributed by atoms with van der Waals surface area (Å²) in [6, 6.07) is 1.34. The molecule has 0 spiro atoms. The highest BCUT2D eigenvalue weighted by atomic mass is 16.5. The zero-order valence-corrected chi connectivity index (χ0v) is 10.9. The second-order valence-electron chi connectivity index (χ2n) is 3.99. The van der Waals surface area contributed by atoms with Crippen molar-refractivity contribution in [1.29, 1.82) is 0 Å². The highest BCUT2D eigenvalue weighted by molar-refractivity contribution is 5.96. The van der Waals surface area contributed by atoms with Crippen LogP contribution < -0.4 is 10.6 Å². The van der Waals surface area contributed by atoms with Crippen molar-refractivity contribution in [3.8, 4) is 0 Å². The molecule has 1 unspecified atom stereocenters. The standard InChI is InChI=1S/C12H19N3O3/c1-4-18-12(17)9-5-11(13)14-6-10(9)15(3)8(2)7-16/h5-6,8,16H,4,7H2,1-3H3,(H2,13,14). The van der Waals surface area contributed by atoms with Crippen molar-refractivity contribution in [2.45, 2.75) is 19.9 Å². The summed E-state index contributed by atoms with van der Waals surface area (Å²) in [7, 11) is 1.77. The predicted octanol–water partition coefficient (Wildman–Crippen LogP) is 0.658. The molecule has 100 valence electrons. The molecule has 0 saturated heterocycles. The Kier molecular flexibility index (Phi) is 4.91. The highest BCUT2D eigenvalue weighted by Gasteiger charge is 2.19. The number of nitrogens with zero attached hydrogens (tertiary/aromatic N) is 2. The van der Waals surface area contributed by atoms with E-state index in [0.29, 0.717) is 17.9 Å². The van der Waals surface area contributed by atoms with Crippen LogP contribution in [0.4, 0.5) is 11.5 Å². The number of pyridine rings is 1. The van der Waals surface area contributed by atoms with Crippen LogP contribution in [0.25, 0.3) is 0 Å². The molecule has 0 fully saturated rings. The molecule has 18 heavy (non-hydrogen) atoms. The number of anilines is 2. The Morgan fingerprint density at radius 3 is 2.89 bits per heavy atom. The van der Waals surface area contributed by atoms with Gasteiger partial charge in [0.1, 0.15) is 5.82 Å². The van der Waals surface area contributed by atoms with Crippen LogP contribution in [-0.2, 0) is 4.74 Å². The third-order valence-electron chi connectivity index (χ3n) is 2.70. The Morgan fingerprint density at radius 1 is 1.67 bits per heavy atom. The zero-order valence-electron chi connectivity index (χ0n) is 10.9. The molecule has 0 amide bonds. The smallest absolute Gasteiger partial charge is 0.340 e. The van der Waals surface area contributed by atoms with Gasteiger partial charge in [0.15, 0.2) is 0 Å². The van der Waals surface area contributed by atoms with Crippen LogP contribution in [0.1, 0.15) is 24.2 Å². The molecule has 1 heterocycles. The van der Waals surface area contributed by atoms with Gasteiger partial charge in [-0.15, -0.1) is 0 Å². The second kappa shape index (κ2) is 6.20. The first-order chi connectivity index (χ1) is 8.51. The summed E-state index contributed by atoms with van der Waals surface area (Å²) in [5, 5.41) is 9.15. The van der Waals surface area contributed by atoms with Gasteiger partial charge in [-0.2, -0.15) is 0 Å². The van der Waals surface area contributed by atoms with Gasteiger partial charge in [-0.1, -0.05) is 0 Å². The van der Waals surface area contributed by atoms with E-state index in [1.807, 2.05) is 6.92 Å². The molecule has 0 bridgehead atoms. The van der Waals surface area contributed by atoms with Crippen LogP contribution in [0.5, 0.6) is 0 Å². The molecule has 0 aliphatic carbocycles. The molecule has 6 heteroatoms. The zero-order chi connectivity index (χ0) is 13.7. The molecule has 1 aromatic rings. The Morgan fingerprint density at radius 2 is 2.33 bits per heavy atom. The second-order valence-corrected chi connectivity index (χ2v) is 3.99. The normalized spacial score (nSPS) is 12.0. The van der Waals surface area contributed by atoms with Gasteiger partial charge in [0.25, 0.3) is 0 Å². The number of aromatic nitrogens is 1. The van der Waals surface area contributed by atoms with E-state index in [0.717, 1.165) is 0 Å². The van der Waals surface area contributed by atoms with E-state index in [2.05, 4.69) is 4.98 Å². The molecule has 0 saturated carbocycles. The van der Waals surface area contributed by atoms with Crippen molar-refractivity contribution in [2.24, 2.45) is 0 Å². The summed E-state index contributed by atoms with van der Waals surface area (Å²) in [4.78, 5) is 17.6. The lowest BCUT2D eigenvalue weighted by molar-refractivity contribution is 0.0527. The fourth-order valence-corrected chi connectivity index (χ4v) is 1.48. The number of hydrogen-bond acceptors (Lipinski definition) is 6. The maximum Gasteiger partial charge on any atom is 0.340 e. The van der Waals surface area contributed by atoms with Gasteiger partial charge in [-0.3, -0.25) is 0 Å². The van der Waals surface area contributed by atoms with E-state index < -0.39 is 5.97 Å². The van der Waals surface area contributed by atoms with Crippen molar-refractivity contribution >= 4 is 17.5 Å². The van der Waals surface area contributed by atoms with Gasteiger partial charge in [-0.25, -0.2) is 9.78 Å². The van der Waals surface area contributed by atoms with E-state index in [1.165, 1.54) is 12.3 Å². The SMILES string of the molecule is CCOC(=O)c1cc(N)ncc1N(C)C(C)CO. The van der Waals surface area contributed by atoms with E-state index in [9.17, 15) is 4.79 Å². The highest BCUT2D eigenvalue weighted by Crippen LogP contribution is 2.22. The summed E-state index contributed by atoms with van der Waals surface area (Å²) < 4.78 is 4.98. The first kappa shape index (κ1) is 14.2. The predicted molar refractivity (Wildman–Crippen MR) is 69.6 cm³/mol. The molecular weight excluding hydrogens is 234 g/mol. The third-order valence-corrected chi connectivity index (χ3v) is 2.70. The minimum absolute atomic E-state index is 0.0247. The number of hydrogen-bond donors (Lipinski definition) is 2. The van der Waals surface area contributed by atoms with Crippen molar-refractivity contribution in [1.82, 2.24) is 4.98 Å². The van der Waals surface area contributed by atoms with Gasteiger partial charge < -0.3 is 20.5 Å². The first-order valence-corrected chi connectivity index (χ1v) is 5.77. The maximum absolute atomic E-state index is 11.8. The van der Waals surface area contributed by atoms with Crippen molar-refractivity contribution in [3.63, 3.8) is 0 Å². The minimum atomic E-state index is -0.446. The lowest BCUT2D eigenvalue weighted by atomic mass is 10.1. The van der Waals surface area contributed by atoms with Gasteiger partial charge >= 0.3 is 5.97 Å². The molecular formula is C12H19N3O3. The number of likely N-dealkylation sites (N-methyl/N-ethyl adjacent to an activating group) is 1. The Hall–Kier alpha value is -1.82. The molecule has 0 aliphatic heterocycles. The lowest BCUT2D eigenvalue weighted by Crippen LogP contribution is -2.33. The molecule has 1 rings (SSSR count). The Balaban J connectivity index is 3.14. The maximum atomic E-state index is 11.8. The summed E-state index contributed by atoms with van der Waals surface area (Å²) in [6.07, 6.45) is 1.51. The topological polar surface area (TPSA) is 88.7 Å². The van der Waals surface area contributed by atoms with Crippen LogP contribution in [0.3, 0.4) is 0 Å². The van der Waals surface area contributed by atoms with Crippen molar-refractivity contribution in [2.75, 3.05) is 30.9 Å². The summed E-state index contributed by atoms with van der Waals surface area (Å²) in [6.45, 7) is 3.84. The number of carbonyl (C=O) groups is 1. The minimum Gasteiger partial charge on any atom is -0.462 e. The van der Waals surface area contributed by atoms with Gasteiger partial charge in [0, 0.05) is 13.1 Å². The third kappa shape index (κ3) is 3.10. The average Bonchev–Trinajstić information content (AvgIpc) is 2.37. The summed E-state index contributed by atoms with van der Waals surface area (Å²) in [5.74, 6) is -0.189. The van der Waals surface area contributed by atoms with Crippen LogP contribution in [0, 0.1) is 0 Å². The van der Waals surface area contributed by atoms with E-state index in [4.69, 9.17) is 15.6 Å². The number of aliphatic hydroxyl groups excluding tert-OH is 1. The monoisotopic (exact) mass is 253 g/mol. The van der Waals surface area contributed by atoms with Crippen LogP contribution >= 0.6 is 0 Å². The lowest BCUT2D eigenvalue weighted by Gasteiger charge is -2.26. The molecule has 0 aliphatic rings. The van der Waals surface area contributed by atoms with Gasteiger partial charge in [-0.05, 0) is 19.9 Å². The van der Waals surface area contributed by atoms with E-state index in [-0.39, 0.29) is 18.5 Å². The quantitative estimate of drug-likeness (QED) is 0.749. The number of nitrogen functional groups attached to an aromatic ring is 1. The van der Waals surface area contributed by atoms with E-state index >= 15 is 0 Å². The van der Waals surface area contributed by atoms with E-state index in [1.54, 1.807) is 18.9 Å². The number of aliphatic hydroxyl groups is 1. The number of rotatable bonds is 5. The first-order valence-electron chi connectivity index (χ1n) is 5.77. The Labute approximate surface area is 106 Å². The summed E-state index contributed by atoms with van der Waals surface area (Å²) in [5.41, 5.74) is 6.52. The molecule has 1 atom stereocenters. The molecule has 0 radical (unpaired) electrons. The molecule has 1 aromatic heterocycles. The Bertz CT molecular complexity index is 423. The van der Waals surface area contributed by atoms with Crippen molar-refractivity contribution < 1.29 is 14.6 Å². The fraction of sp³-hybridized carbons (Fsp3) is 0.500. The number of nitrogens with two attached hydrogens (primary N) is 1. The van der Waals surface area contributed by atoms with Gasteiger partial charge in [0.05, 0.1) is 30.7 Å². The average molecular weight is 253 g/mol. The number of ether oxygens (including phenoxy) is 1. The number of carbonyl (C=O) groups excluding carboxylic acids is 1. The molecule has 0 aromatic carbocycles. The largest absolute Gasteiger partial charge is 0.462 e.